The zero-order valence-corrected chi connectivity index (χ0v) is 15.1. The highest BCUT2D eigenvalue weighted by Gasteiger charge is 2.76. The first-order valence-electron chi connectivity index (χ1n) is 6.87. The first kappa shape index (κ1) is 21.5. The number of nitrogens with zero attached hydrogens (tertiary/aromatic N) is 2. The number of anilines is 1. The lowest BCUT2D eigenvalue weighted by molar-refractivity contribution is -0.343. The minimum absolute atomic E-state index is 0.0171. The summed E-state index contributed by atoms with van der Waals surface area (Å²) in [6, 6.07) is 6.49. The topological polar surface area (TPSA) is 46.9 Å². The monoisotopic (exact) mass is 481 g/mol. The molecule has 2 aromatic rings. The van der Waals surface area contributed by atoms with Crippen molar-refractivity contribution in [1.29, 1.82) is 0 Å². The van der Waals surface area contributed by atoms with E-state index in [0.717, 1.165) is 4.68 Å². The van der Waals surface area contributed by atoms with E-state index in [1.54, 1.807) is 24.3 Å². The van der Waals surface area contributed by atoms with E-state index >= 15 is 0 Å². The van der Waals surface area contributed by atoms with Gasteiger partial charge in [-0.05, 0) is 27.6 Å². The number of aromatic nitrogens is 2. The van der Waals surface area contributed by atoms with Crippen molar-refractivity contribution in [2.24, 2.45) is 0 Å². The van der Waals surface area contributed by atoms with Gasteiger partial charge in [-0.25, -0.2) is 0 Å². The van der Waals surface area contributed by atoms with E-state index in [1.165, 1.54) is 11.5 Å². The molecule has 1 heterocycles. The van der Waals surface area contributed by atoms with E-state index in [9.17, 15) is 35.5 Å². The van der Waals surface area contributed by atoms with Crippen molar-refractivity contribution >= 4 is 39.3 Å². The quantitative estimate of drug-likeness (QED) is 0.602. The Kier molecular flexibility index (Phi) is 5.81. The number of amides is 1. The lowest BCUT2D eigenvalue weighted by atomic mass is 10.1. The lowest BCUT2D eigenvalue weighted by Crippen LogP contribution is -2.57. The van der Waals surface area contributed by atoms with Crippen molar-refractivity contribution in [2.45, 2.75) is 24.6 Å². The second kappa shape index (κ2) is 7.30. The summed E-state index contributed by atoms with van der Waals surface area (Å²) in [5.41, 5.74) is 0.556. The standard InChI is InChI=1S/C14H8BrClF7N3O/c15-8-6-26(5-7-3-1-2-4-9(7)16)25-10(8)24-11(27)12(17,18)13(19,20)14(21,22)23/h1-4,6H,5H2,(H,24,25,27). The zero-order chi connectivity index (χ0) is 20.6. The highest BCUT2D eigenvalue weighted by atomic mass is 79.9. The van der Waals surface area contributed by atoms with Crippen LogP contribution in [0.25, 0.3) is 0 Å². The van der Waals surface area contributed by atoms with Gasteiger partial charge in [-0.2, -0.15) is 35.8 Å². The molecule has 1 amide bonds. The molecule has 148 valence electrons. The lowest BCUT2D eigenvalue weighted by Gasteiger charge is -2.26. The Bertz CT molecular complexity index is 853. The van der Waals surface area contributed by atoms with Crippen LogP contribution in [-0.2, 0) is 11.3 Å². The molecule has 27 heavy (non-hydrogen) atoms. The van der Waals surface area contributed by atoms with E-state index in [0.29, 0.717) is 10.6 Å². The third-order valence-electron chi connectivity index (χ3n) is 3.27. The normalized spacial score (nSPS) is 12.9. The molecule has 13 heteroatoms. The molecule has 0 radical (unpaired) electrons. The predicted octanol–water partition coefficient (Wildman–Crippen LogP) is 5.12. The highest BCUT2D eigenvalue weighted by molar-refractivity contribution is 9.10. The molecule has 1 N–H and O–H groups in total. The summed E-state index contributed by atoms with van der Waals surface area (Å²) in [6.07, 6.45) is -5.42. The van der Waals surface area contributed by atoms with Crippen LogP contribution < -0.4 is 5.32 Å². The van der Waals surface area contributed by atoms with E-state index in [-0.39, 0.29) is 11.0 Å². The summed E-state index contributed by atoms with van der Waals surface area (Å²) in [4.78, 5) is 11.4. The molecule has 0 fully saturated rings. The van der Waals surface area contributed by atoms with E-state index in [4.69, 9.17) is 11.6 Å². The number of hydrogen-bond acceptors (Lipinski definition) is 2. The average Bonchev–Trinajstić information content (AvgIpc) is 2.87. The van der Waals surface area contributed by atoms with Crippen molar-refractivity contribution in [3.05, 3.63) is 45.5 Å². The van der Waals surface area contributed by atoms with Gasteiger partial charge >= 0.3 is 23.9 Å². The van der Waals surface area contributed by atoms with Crippen molar-refractivity contribution < 1.29 is 35.5 Å². The number of carbonyl (C=O) groups is 1. The number of hydrogen-bond donors (Lipinski definition) is 1. The summed E-state index contributed by atoms with van der Waals surface area (Å²) < 4.78 is 90.0. The molecule has 0 saturated heterocycles. The number of halogens is 9. The van der Waals surface area contributed by atoms with Crippen molar-refractivity contribution in [3.63, 3.8) is 0 Å². The fourth-order valence-corrected chi connectivity index (χ4v) is 2.48. The molecule has 0 unspecified atom stereocenters. The Balaban J connectivity index is 2.22. The van der Waals surface area contributed by atoms with E-state index < -0.39 is 29.7 Å². The first-order chi connectivity index (χ1) is 12.3. The largest absolute Gasteiger partial charge is 0.460 e. The Labute approximate surface area is 160 Å². The molecule has 0 aliphatic heterocycles. The van der Waals surface area contributed by atoms with Crippen molar-refractivity contribution in [1.82, 2.24) is 9.78 Å². The SMILES string of the molecule is O=C(Nc1nn(Cc2ccccc2Cl)cc1Br)C(F)(F)C(F)(F)C(F)(F)F. The molecule has 0 atom stereocenters. The number of nitrogens with one attached hydrogen (secondary N) is 1. The Morgan fingerprint density at radius 1 is 1.15 bits per heavy atom. The van der Waals surface area contributed by atoms with E-state index in [2.05, 4.69) is 21.0 Å². The maximum Gasteiger partial charge on any atom is 0.460 e. The zero-order valence-electron chi connectivity index (χ0n) is 12.8. The van der Waals surface area contributed by atoms with Crippen LogP contribution in [-0.4, -0.2) is 33.7 Å². The molecule has 4 nitrogen and oxygen atoms in total. The highest BCUT2D eigenvalue weighted by Crippen LogP contribution is 2.47. The van der Waals surface area contributed by atoms with Crippen LogP contribution in [0.2, 0.25) is 5.02 Å². The molecule has 0 saturated carbocycles. The minimum atomic E-state index is -6.62. The van der Waals surface area contributed by atoms with Gasteiger partial charge in [-0.15, -0.1) is 0 Å². The molecular formula is C14H8BrClF7N3O. The summed E-state index contributed by atoms with van der Waals surface area (Å²) in [7, 11) is 0. The molecule has 0 spiro atoms. The first-order valence-corrected chi connectivity index (χ1v) is 8.04. The van der Waals surface area contributed by atoms with Crippen molar-refractivity contribution in [3.8, 4) is 0 Å². The molecular weight excluding hydrogens is 475 g/mol. The second-order valence-corrected chi connectivity index (χ2v) is 6.48. The molecule has 1 aromatic heterocycles. The van der Waals surface area contributed by atoms with Crippen LogP contribution >= 0.6 is 27.5 Å². The van der Waals surface area contributed by atoms with Gasteiger partial charge in [-0.3, -0.25) is 9.48 Å². The fourth-order valence-electron chi connectivity index (χ4n) is 1.87. The Hall–Kier alpha value is -1.82. The van der Waals surface area contributed by atoms with Gasteiger partial charge in [0.2, 0.25) is 0 Å². The Morgan fingerprint density at radius 3 is 2.30 bits per heavy atom. The third kappa shape index (κ3) is 4.21. The number of alkyl halides is 7. The summed E-state index contributed by atoms with van der Waals surface area (Å²) in [5, 5.41) is 5.29. The Morgan fingerprint density at radius 2 is 1.74 bits per heavy atom. The number of rotatable bonds is 5. The smallest absolute Gasteiger partial charge is 0.303 e. The van der Waals surface area contributed by atoms with Crippen LogP contribution in [0.15, 0.2) is 34.9 Å². The van der Waals surface area contributed by atoms with Crippen LogP contribution in [0.1, 0.15) is 5.56 Å². The van der Waals surface area contributed by atoms with Crippen LogP contribution in [0.3, 0.4) is 0 Å². The fraction of sp³-hybridized carbons (Fsp3) is 0.286. The van der Waals surface area contributed by atoms with Gasteiger partial charge in [0.15, 0.2) is 5.82 Å². The van der Waals surface area contributed by atoms with Crippen LogP contribution in [0.5, 0.6) is 0 Å². The van der Waals surface area contributed by atoms with Crippen LogP contribution in [0.4, 0.5) is 36.6 Å². The number of benzene rings is 1. The van der Waals surface area contributed by atoms with Gasteiger partial charge in [0.05, 0.1) is 11.0 Å². The minimum Gasteiger partial charge on any atom is -0.303 e. The third-order valence-corrected chi connectivity index (χ3v) is 4.22. The maximum atomic E-state index is 13.4. The maximum absolute atomic E-state index is 13.4. The number of carbonyl (C=O) groups excluding carboxylic acids is 1. The predicted molar refractivity (Wildman–Crippen MR) is 85.1 cm³/mol. The summed E-state index contributed by atoms with van der Waals surface area (Å²) in [5.74, 6) is -16.1. The van der Waals surface area contributed by atoms with Gasteiger partial charge in [-0.1, -0.05) is 29.8 Å². The molecule has 0 aliphatic carbocycles. The van der Waals surface area contributed by atoms with Crippen molar-refractivity contribution in [2.75, 3.05) is 5.32 Å². The molecule has 1 aromatic carbocycles. The second-order valence-electron chi connectivity index (χ2n) is 5.22. The molecule has 2 rings (SSSR count). The van der Waals surface area contributed by atoms with Crippen LogP contribution in [0, 0.1) is 0 Å². The average molecular weight is 483 g/mol. The van der Waals surface area contributed by atoms with Gasteiger partial charge in [0, 0.05) is 11.2 Å². The van der Waals surface area contributed by atoms with Gasteiger partial charge in [0.1, 0.15) is 0 Å². The van der Waals surface area contributed by atoms with Gasteiger partial charge in [0.25, 0.3) is 0 Å². The molecule has 0 aliphatic rings. The van der Waals surface area contributed by atoms with E-state index in [1.807, 2.05) is 0 Å². The van der Waals surface area contributed by atoms with Gasteiger partial charge < -0.3 is 5.32 Å². The summed E-state index contributed by atoms with van der Waals surface area (Å²) >= 11 is 8.79. The summed E-state index contributed by atoms with van der Waals surface area (Å²) in [6.45, 7) is 0.0171. The molecule has 0 bridgehead atoms.